The summed E-state index contributed by atoms with van der Waals surface area (Å²) in [5, 5.41) is 3.34. The molecule has 1 saturated heterocycles. The van der Waals surface area contributed by atoms with Crippen LogP contribution >= 0.6 is 0 Å². The average molecular weight is 232 g/mol. The van der Waals surface area contributed by atoms with Crippen molar-refractivity contribution in [3.8, 4) is 0 Å². The van der Waals surface area contributed by atoms with Gasteiger partial charge in [0.25, 0.3) is 5.91 Å². The summed E-state index contributed by atoms with van der Waals surface area (Å²) in [5.74, 6) is 0.154. The van der Waals surface area contributed by atoms with Gasteiger partial charge in [0.15, 0.2) is 0 Å². The molecule has 1 fully saturated rings. The van der Waals surface area contributed by atoms with Gasteiger partial charge in [0, 0.05) is 31.2 Å². The number of piperazine rings is 1. The first kappa shape index (κ1) is 12.1. The predicted octanol–water partition coefficient (Wildman–Crippen LogP) is 1.68. The van der Waals surface area contributed by atoms with E-state index in [2.05, 4.69) is 19.2 Å². The molecule has 1 aromatic rings. The van der Waals surface area contributed by atoms with Gasteiger partial charge in [0.05, 0.1) is 0 Å². The van der Waals surface area contributed by atoms with Gasteiger partial charge in [-0.2, -0.15) is 0 Å². The third kappa shape index (κ3) is 2.86. The lowest BCUT2D eigenvalue weighted by Crippen LogP contribution is -2.51. The van der Waals surface area contributed by atoms with Gasteiger partial charge in [0.2, 0.25) is 0 Å². The minimum absolute atomic E-state index is 0.154. The second kappa shape index (κ2) is 5.32. The third-order valence-electron chi connectivity index (χ3n) is 3.27. The Morgan fingerprint density at radius 1 is 1.41 bits per heavy atom. The minimum atomic E-state index is 0.154. The smallest absolute Gasteiger partial charge is 0.253 e. The van der Waals surface area contributed by atoms with E-state index in [0.29, 0.717) is 6.04 Å². The van der Waals surface area contributed by atoms with Gasteiger partial charge >= 0.3 is 0 Å². The van der Waals surface area contributed by atoms with E-state index in [1.165, 1.54) is 5.56 Å². The van der Waals surface area contributed by atoms with Crippen LogP contribution in [0.3, 0.4) is 0 Å². The normalized spacial score (nSPS) is 20.4. The summed E-state index contributed by atoms with van der Waals surface area (Å²) in [6.07, 6.45) is 1.01. The fourth-order valence-electron chi connectivity index (χ4n) is 2.18. The maximum atomic E-state index is 12.2. The number of benzene rings is 1. The Hall–Kier alpha value is -1.35. The Balaban J connectivity index is 2.07. The number of hydrogen-bond donors (Lipinski definition) is 1. The second-order valence-corrected chi connectivity index (χ2v) is 4.66. The van der Waals surface area contributed by atoms with Crippen LogP contribution in [0.1, 0.15) is 29.8 Å². The molecule has 1 heterocycles. The molecule has 0 saturated carbocycles. The van der Waals surface area contributed by atoms with Gasteiger partial charge in [-0.3, -0.25) is 4.79 Å². The van der Waals surface area contributed by atoms with Gasteiger partial charge in [-0.1, -0.05) is 19.1 Å². The van der Waals surface area contributed by atoms with Crippen molar-refractivity contribution in [2.45, 2.75) is 26.3 Å². The molecule has 0 spiro atoms. The van der Waals surface area contributed by atoms with E-state index in [9.17, 15) is 4.79 Å². The standard InChI is InChI=1S/C14H20N2O/c1-3-12-4-6-13(7-5-12)14(17)16-9-8-15-11(2)10-16/h4-7,11,15H,3,8-10H2,1-2H3/t11-/m0/s1. The zero-order chi connectivity index (χ0) is 12.3. The molecule has 0 bridgehead atoms. The molecule has 1 aromatic carbocycles. The van der Waals surface area contributed by atoms with E-state index >= 15 is 0 Å². The Bertz CT molecular complexity index is 386. The molecule has 1 aliphatic heterocycles. The van der Waals surface area contributed by atoms with Crippen LogP contribution < -0.4 is 5.32 Å². The van der Waals surface area contributed by atoms with Gasteiger partial charge in [-0.25, -0.2) is 0 Å². The number of nitrogens with one attached hydrogen (secondary N) is 1. The summed E-state index contributed by atoms with van der Waals surface area (Å²) in [7, 11) is 0. The van der Waals surface area contributed by atoms with Crippen LogP contribution in [-0.2, 0) is 6.42 Å². The average Bonchev–Trinajstić information content (AvgIpc) is 2.38. The highest BCUT2D eigenvalue weighted by Gasteiger charge is 2.21. The molecule has 3 nitrogen and oxygen atoms in total. The number of nitrogens with zero attached hydrogens (tertiary/aromatic N) is 1. The van der Waals surface area contributed by atoms with Crippen LogP contribution in [0.2, 0.25) is 0 Å². The van der Waals surface area contributed by atoms with Crippen LogP contribution in [0, 0.1) is 0 Å². The molecular weight excluding hydrogens is 212 g/mol. The van der Waals surface area contributed by atoms with Gasteiger partial charge in [-0.05, 0) is 31.0 Å². The molecule has 92 valence electrons. The van der Waals surface area contributed by atoms with Crippen molar-refractivity contribution in [1.82, 2.24) is 10.2 Å². The first-order valence-electron chi connectivity index (χ1n) is 6.32. The van der Waals surface area contributed by atoms with Crippen LogP contribution in [0.15, 0.2) is 24.3 Å². The topological polar surface area (TPSA) is 32.3 Å². The molecule has 3 heteroatoms. The van der Waals surface area contributed by atoms with Crippen molar-refractivity contribution in [2.75, 3.05) is 19.6 Å². The molecule has 1 amide bonds. The zero-order valence-corrected chi connectivity index (χ0v) is 10.6. The van der Waals surface area contributed by atoms with Crippen molar-refractivity contribution >= 4 is 5.91 Å². The van der Waals surface area contributed by atoms with Crippen LogP contribution in [0.4, 0.5) is 0 Å². The van der Waals surface area contributed by atoms with E-state index in [0.717, 1.165) is 31.6 Å². The fraction of sp³-hybridized carbons (Fsp3) is 0.500. The molecular formula is C14H20N2O. The number of hydrogen-bond acceptors (Lipinski definition) is 2. The summed E-state index contributed by atoms with van der Waals surface area (Å²) < 4.78 is 0. The number of amides is 1. The summed E-state index contributed by atoms with van der Waals surface area (Å²) in [5.41, 5.74) is 2.08. The highest BCUT2D eigenvalue weighted by molar-refractivity contribution is 5.94. The van der Waals surface area contributed by atoms with Crippen molar-refractivity contribution in [3.63, 3.8) is 0 Å². The third-order valence-corrected chi connectivity index (χ3v) is 3.27. The molecule has 0 unspecified atom stereocenters. The fourth-order valence-corrected chi connectivity index (χ4v) is 2.18. The molecule has 17 heavy (non-hydrogen) atoms. The predicted molar refractivity (Wildman–Crippen MR) is 69.2 cm³/mol. The van der Waals surface area contributed by atoms with E-state index in [1.54, 1.807) is 0 Å². The van der Waals surface area contributed by atoms with Crippen molar-refractivity contribution in [1.29, 1.82) is 0 Å². The first-order valence-corrected chi connectivity index (χ1v) is 6.32. The van der Waals surface area contributed by atoms with Gasteiger partial charge in [0.1, 0.15) is 0 Å². The van der Waals surface area contributed by atoms with Crippen molar-refractivity contribution < 1.29 is 4.79 Å². The summed E-state index contributed by atoms with van der Waals surface area (Å²) in [4.78, 5) is 14.2. The lowest BCUT2D eigenvalue weighted by Gasteiger charge is -2.32. The minimum Gasteiger partial charge on any atom is -0.336 e. The van der Waals surface area contributed by atoms with E-state index < -0.39 is 0 Å². The van der Waals surface area contributed by atoms with E-state index in [-0.39, 0.29) is 5.91 Å². The van der Waals surface area contributed by atoms with Gasteiger partial charge < -0.3 is 10.2 Å². The molecule has 2 rings (SSSR count). The van der Waals surface area contributed by atoms with E-state index in [1.807, 2.05) is 29.2 Å². The Labute approximate surface area is 103 Å². The highest BCUT2D eigenvalue weighted by Crippen LogP contribution is 2.10. The van der Waals surface area contributed by atoms with E-state index in [4.69, 9.17) is 0 Å². The highest BCUT2D eigenvalue weighted by atomic mass is 16.2. The Morgan fingerprint density at radius 2 is 2.12 bits per heavy atom. The molecule has 1 aliphatic rings. The summed E-state index contributed by atoms with van der Waals surface area (Å²) >= 11 is 0. The lowest BCUT2D eigenvalue weighted by molar-refractivity contribution is 0.0709. The monoisotopic (exact) mass is 232 g/mol. The lowest BCUT2D eigenvalue weighted by atomic mass is 10.1. The van der Waals surface area contributed by atoms with Crippen LogP contribution in [0.25, 0.3) is 0 Å². The zero-order valence-electron chi connectivity index (χ0n) is 10.6. The van der Waals surface area contributed by atoms with Gasteiger partial charge in [-0.15, -0.1) is 0 Å². The second-order valence-electron chi connectivity index (χ2n) is 4.66. The maximum absolute atomic E-state index is 12.2. The van der Waals surface area contributed by atoms with Crippen LogP contribution in [-0.4, -0.2) is 36.5 Å². The van der Waals surface area contributed by atoms with Crippen LogP contribution in [0.5, 0.6) is 0 Å². The molecule has 1 N–H and O–H groups in total. The summed E-state index contributed by atoms with van der Waals surface area (Å²) in [6, 6.07) is 8.35. The molecule has 1 atom stereocenters. The number of carbonyl (C=O) groups is 1. The first-order chi connectivity index (χ1) is 8.20. The molecule has 0 aromatic heterocycles. The SMILES string of the molecule is CCc1ccc(C(=O)N2CCN[C@@H](C)C2)cc1. The Morgan fingerprint density at radius 3 is 2.71 bits per heavy atom. The Kier molecular flexibility index (Phi) is 3.79. The number of aryl methyl sites for hydroxylation is 1. The number of rotatable bonds is 2. The maximum Gasteiger partial charge on any atom is 0.253 e. The largest absolute Gasteiger partial charge is 0.336 e. The van der Waals surface area contributed by atoms with Crippen molar-refractivity contribution in [3.05, 3.63) is 35.4 Å². The summed E-state index contributed by atoms with van der Waals surface area (Å²) in [6.45, 7) is 6.72. The molecule has 0 radical (unpaired) electrons. The van der Waals surface area contributed by atoms with Crippen molar-refractivity contribution in [2.24, 2.45) is 0 Å². The quantitative estimate of drug-likeness (QED) is 0.841. The molecule has 0 aliphatic carbocycles. The number of carbonyl (C=O) groups excluding carboxylic acids is 1.